The molecule has 0 spiro atoms. The van der Waals surface area contributed by atoms with Gasteiger partial charge < -0.3 is 10.8 Å². The van der Waals surface area contributed by atoms with E-state index in [0.717, 1.165) is 6.07 Å². The molecule has 3 N–H and O–H groups in total. The van der Waals surface area contributed by atoms with Crippen LogP contribution in [0.3, 0.4) is 0 Å². The lowest BCUT2D eigenvalue weighted by molar-refractivity contribution is -0.119. The van der Waals surface area contributed by atoms with Gasteiger partial charge in [-0.2, -0.15) is 0 Å². The highest BCUT2D eigenvalue weighted by molar-refractivity contribution is 6.42. The molecule has 8 heteroatoms. The third-order valence-corrected chi connectivity index (χ3v) is 5.54. The van der Waals surface area contributed by atoms with Crippen molar-refractivity contribution >= 4 is 45.9 Å². The molecular weight excluding hydrogens is 406 g/mol. The van der Waals surface area contributed by atoms with Crippen LogP contribution in [0.4, 0.5) is 4.39 Å². The smallest absolute Gasteiger partial charge is 0.262 e. The summed E-state index contributed by atoms with van der Waals surface area (Å²) in [6.45, 7) is 3.34. The van der Waals surface area contributed by atoms with Crippen LogP contribution in [0, 0.1) is 12.7 Å². The summed E-state index contributed by atoms with van der Waals surface area (Å²) in [5.41, 5.74) is 6.61. The second kappa shape index (κ2) is 7.45. The predicted octanol–water partition coefficient (Wildman–Crippen LogP) is 4.77. The maximum atomic E-state index is 14.8. The number of phenolic OH excluding ortho intramolecular Hbond substituents is 1. The highest BCUT2D eigenvalue weighted by atomic mass is 35.5. The first kappa shape index (κ1) is 20.2. The summed E-state index contributed by atoms with van der Waals surface area (Å²) in [6.07, 6.45) is 0.311. The maximum absolute atomic E-state index is 14.8. The van der Waals surface area contributed by atoms with Gasteiger partial charge in [-0.05, 0) is 49.2 Å². The number of phenols is 1. The van der Waals surface area contributed by atoms with Crippen molar-refractivity contribution in [3.63, 3.8) is 0 Å². The molecule has 0 radical (unpaired) electrons. The molecule has 2 aromatic carbocycles. The lowest BCUT2D eigenvalue weighted by atomic mass is 9.93. The Morgan fingerprint density at radius 3 is 2.46 bits per heavy atom. The molecule has 1 atom stereocenters. The first-order chi connectivity index (χ1) is 13.2. The van der Waals surface area contributed by atoms with Crippen LogP contribution < -0.4 is 5.73 Å². The van der Waals surface area contributed by atoms with Crippen LogP contribution in [0.2, 0.25) is 10.0 Å². The van der Waals surface area contributed by atoms with Crippen molar-refractivity contribution in [2.24, 2.45) is 5.73 Å². The number of nitrogens with two attached hydrogens (primary N) is 1. The van der Waals surface area contributed by atoms with Gasteiger partial charge in [0.05, 0.1) is 21.5 Å². The molecule has 3 rings (SSSR count). The zero-order valence-electron chi connectivity index (χ0n) is 15.1. The third kappa shape index (κ3) is 3.12. The van der Waals surface area contributed by atoms with Gasteiger partial charge >= 0.3 is 0 Å². The van der Waals surface area contributed by atoms with E-state index in [9.17, 15) is 19.1 Å². The van der Waals surface area contributed by atoms with Crippen molar-refractivity contribution in [2.45, 2.75) is 26.2 Å². The Labute approximate surface area is 170 Å². The van der Waals surface area contributed by atoms with Crippen LogP contribution in [0.1, 0.15) is 40.9 Å². The quantitative estimate of drug-likeness (QED) is 0.634. The van der Waals surface area contributed by atoms with E-state index >= 15 is 0 Å². The van der Waals surface area contributed by atoms with Gasteiger partial charge in [-0.3, -0.25) is 14.2 Å². The molecule has 0 bridgehead atoms. The van der Waals surface area contributed by atoms with Crippen molar-refractivity contribution in [1.29, 1.82) is 0 Å². The monoisotopic (exact) mass is 422 g/mol. The van der Waals surface area contributed by atoms with Crippen LogP contribution in [-0.4, -0.2) is 21.5 Å². The second-order valence-corrected chi connectivity index (χ2v) is 7.24. The zero-order valence-corrected chi connectivity index (χ0v) is 16.6. The molecule has 0 saturated carbocycles. The molecule has 3 aromatic rings. The SMILES string of the molecule is CCC(C(N)=O)c1c(C)n(C(=O)c2ccc(Cl)c(Cl)c2)c2ccc(O)c(F)c12. The zero-order chi connectivity index (χ0) is 20.7. The van der Waals surface area contributed by atoms with Gasteiger partial charge in [0.25, 0.3) is 5.91 Å². The van der Waals surface area contributed by atoms with Crippen molar-refractivity contribution in [3.05, 3.63) is 63.0 Å². The molecule has 28 heavy (non-hydrogen) atoms. The molecule has 1 heterocycles. The van der Waals surface area contributed by atoms with Crippen molar-refractivity contribution in [1.82, 2.24) is 4.57 Å². The van der Waals surface area contributed by atoms with Crippen molar-refractivity contribution in [2.75, 3.05) is 0 Å². The average Bonchev–Trinajstić information content (AvgIpc) is 2.93. The number of hydrogen-bond acceptors (Lipinski definition) is 3. The van der Waals surface area contributed by atoms with Crippen LogP contribution in [0.25, 0.3) is 10.9 Å². The topological polar surface area (TPSA) is 85.3 Å². The Bertz CT molecular complexity index is 1120. The number of carbonyl (C=O) groups excluding carboxylic acids is 2. The second-order valence-electron chi connectivity index (χ2n) is 6.42. The number of aromatic nitrogens is 1. The van der Waals surface area contributed by atoms with E-state index in [2.05, 4.69) is 0 Å². The van der Waals surface area contributed by atoms with Crippen LogP contribution in [0.5, 0.6) is 5.75 Å². The number of primary amides is 1. The first-order valence-corrected chi connectivity index (χ1v) is 9.26. The van der Waals surface area contributed by atoms with Gasteiger partial charge in [-0.15, -0.1) is 0 Å². The fraction of sp³-hybridized carbons (Fsp3) is 0.200. The summed E-state index contributed by atoms with van der Waals surface area (Å²) in [5, 5.41) is 10.3. The number of hydrogen-bond donors (Lipinski definition) is 2. The van der Waals surface area contributed by atoms with Gasteiger partial charge in [0.15, 0.2) is 11.6 Å². The number of halogens is 3. The average molecular weight is 423 g/mol. The number of rotatable bonds is 4. The lowest BCUT2D eigenvalue weighted by Gasteiger charge is -2.13. The number of carbonyl (C=O) groups is 2. The van der Waals surface area contributed by atoms with Crippen LogP contribution in [-0.2, 0) is 4.79 Å². The van der Waals surface area contributed by atoms with Gasteiger partial charge in [0.1, 0.15) is 0 Å². The van der Waals surface area contributed by atoms with Crippen molar-refractivity contribution < 1.29 is 19.1 Å². The number of benzene rings is 2. The van der Waals surface area contributed by atoms with E-state index < -0.39 is 29.3 Å². The molecule has 0 aliphatic heterocycles. The molecule has 1 aromatic heterocycles. The number of fused-ring (bicyclic) bond motifs is 1. The third-order valence-electron chi connectivity index (χ3n) is 4.80. The maximum Gasteiger partial charge on any atom is 0.262 e. The summed E-state index contributed by atoms with van der Waals surface area (Å²) in [6, 6.07) is 6.99. The van der Waals surface area contributed by atoms with Gasteiger partial charge in [-0.25, -0.2) is 4.39 Å². The molecular formula is C20H17Cl2FN2O3. The Hall–Kier alpha value is -2.57. The van der Waals surface area contributed by atoms with Crippen LogP contribution in [0.15, 0.2) is 30.3 Å². The minimum absolute atomic E-state index is 0.00318. The van der Waals surface area contributed by atoms with Gasteiger partial charge in [0.2, 0.25) is 5.91 Å². The summed E-state index contributed by atoms with van der Waals surface area (Å²) < 4.78 is 16.1. The molecule has 0 aliphatic rings. The van der Waals surface area contributed by atoms with Gasteiger partial charge in [0, 0.05) is 16.6 Å². The Kier molecular flexibility index (Phi) is 5.37. The minimum atomic E-state index is -0.906. The normalized spacial score (nSPS) is 12.3. The molecule has 0 aliphatic carbocycles. The molecule has 146 valence electrons. The van der Waals surface area contributed by atoms with Gasteiger partial charge in [-0.1, -0.05) is 30.1 Å². The largest absolute Gasteiger partial charge is 0.505 e. The van der Waals surface area contributed by atoms with E-state index in [1.807, 2.05) is 0 Å². The molecule has 0 saturated heterocycles. The summed E-state index contributed by atoms with van der Waals surface area (Å²) in [4.78, 5) is 25.2. The summed E-state index contributed by atoms with van der Waals surface area (Å²) in [5.74, 6) is -3.42. The highest BCUT2D eigenvalue weighted by Gasteiger charge is 2.30. The highest BCUT2D eigenvalue weighted by Crippen LogP contribution is 2.38. The fourth-order valence-corrected chi connectivity index (χ4v) is 3.77. The standard InChI is InChI=1S/C20H17Cl2FN2O3/c1-3-11(19(24)27)16-9(2)25(14-6-7-15(26)18(23)17(14)16)20(28)10-4-5-12(21)13(22)8-10/h4-8,11,26H,3H2,1-2H3,(H2,24,27). The minimum Gasteiger partial charge on any atom is -0.505 e. The van der Waals surface area contributed by atoms with Crippen molar-refractivity contribution in [3.8, 4) is 5.75 Å². The van der Waals surface area contributed by atoms with E-state index in [-0.39, 0.29) is 27.1 Å². The molecule has 5 nitrogen and oxygen atoms in total. The van der Waals surface area contributed by atoms with E-state index in [1.165, 1.54) is 28.8 Å². The Morgan fingerprint density at radius 2 is 1.89 bits per heavy atom. The Balaban J connectivity index is 2.36. The van der Waals surface area contributed by atoms with E-state index in [0.29, 0.717) is 17.1 Å². The number of nitrogens with zero attached hydrogens (tertiary/aromatic N) is 1. The van der Waals surface area contributed by atoms with E-state index in [1.54, 1.807) is 13.8 Å². The van der Waals surface area contributed by atoms with Crippen LogP contribution >= 0.6 is 23.2 Å². The predicted molar refractivity (Wildman–Crippen MR) is 107 cm³/mol. The number of amides is 1. The fourth-order valence-electron chi connectivity index (χ4n) is 3.47. The number of aromatic hydroxyl groups is 1. The molecule has 1 amide bonds. The first-order valence-electron chi connectivity index (χ1n) is 8.50. The molecule has 0 fully saturated rings. The summed E-state index contributed by atoms with van der Waals surface area (Å²) >= 11 is 11.9. The van der Waals surface area contributed by atoms with E-state index in [4.69, 9.17) is 28.9 Å². The summed E-state index contributed by atoms with van der Waals surface area (Å²) in [7, 11) is 0. The molecule has 1 unspecified atom stereocenters. The lowest BCUT2D eigenvalue weighted by Crippen LogP contribution is -2.22. The Morgan fingerprint density at radius 1 is 1.21 bits per heavy atom.